The van der Waals surface area contributed by atoms with Gasteiger partial charge in [0.25, 0.3) is 5.91 Å². The van der Waals surface area contributed by atoms with Crippen molar-refractivity contribution in [3.8, 4) is 0 Å². The first-order chi connectivity index (χ1) is 5.11. The Morgan fingerprint density at radius 2 is 2.18 bits per heavy atom. The van der Waals surface area contributed by atoms with Gasteiger partial charge in [0.15, 0.2) is 0 Å². The third-order valence-electron chi connectivity index (χ3n) is 1.04. The fraction of sp³-hybridized carbons (Fsp3) is 0. The van der Waals surface area contributed by atoms with Gasteiger partial charge in [0.1, 0.15) is 5.69 Å². The topological polar surface area (TPSA) is 56.0 Å². The summed E-state index contributed by atoms with van der Waals surface area (Å²) in [5.41, 5.74) is 5.39. The van der Waals surface area contributed by atoms with Gasteiger partial charge in [-0.05, 0) is 51.2 Å². The highest BCUT2D eigenvalue weighted by Crippen LogP contribution is 2.12. The van der Waals surface area contributed by atoms with Gasteiger partial charge in [-0.15, -0.1) is 0 Å². The van der Waals surface area contributed by atoms with Crippen molar-refractivity contribution in [2.75, 3.05) is 0 Å². The SMILES string of the molecule is NC(=O)c1ncc(I)cc1I. The average Bonchev–Trinajstić information content (AvgIpc) is 1.85. The molecule has 2 N–H and O–H groups in total. The van der Waals surface area contributed by atoms with Gasteiger partial charge in [-0.1, -0.05) is 0 Å². The van der Waals surface area contributed by atoms with E-state index in [1.165, 1.54) is 0 Å². The van der Waals surface area contributed by atoms with Gasteiger partial charge in [-0.3, -0.25) is 4.79 Å². The molecule has 1 rings (SSSR count). The van der Waals surface area contributed by atoms with Crippen LogP contribution in [0.15, 0.2) is 12.3 Å². The van der Waals surface area contributed by atoms with Crippen LogP contribution in [-0.2, 0) is 0 Å². The molecule has 1 aromatic rings. The smallest absolute Gasteiger partial charge is 0.268 e. The minimum Gasteiger partial charge on any atom is -0.364 e. The maximum absolute atomic E-state index is 10.7. The number of hydrogen-bond acceptors (Lipinski definition) is 2. The molecule has 0 fully saturated rings. The highest BCUT2D eigenvalue weighted by atomic mass is 127. The van der Waals surface area contributed by atoms with E-state index in [-0.39, 0.29) is 0 Å². The predicted molar refractivity (Wildman–Crippen MR) is 58.2 cm³/mol. The standard InChI is InChI=1S/C6H4I2N2O/c7-3-1-4(8)5(6(9)11)10-2-3/h1-2H,(H2,9,11). The van der Waals surface area contributed by atoms with Crippen molar-refractivity contribution in [3.63, 3.8) is 0 Å². The molecule has 1 aromatic heterocycles. The molecule has 0 aliphatic rings. The summed E-state index contributed by atoms with van der Waals surface area (Å²) >= 11 is 4.16. The number of rotatable bonds is 1. The fourth-order valence-electron chi connectivity index (χ4n) is 0.596. The second-order valence-corrected chi connectivity index (χ2v) is 4.26. The summed E-state index contributed by atoms with van der Waals surface area (Å²) in [6, 6.07) is 1.86. The van der Waals surface area contributed by atoms with Gasteiger partial charge in [0.05, 0.1) is 0 Å². The first kappa shape index (κ1) is 9.17. The van der Waals surface area contributed by atoms with Crippen LogP contribution < -0.4 is 5.73 Å². The molecule has 58 valence electrons. The maximum atomic E-state index is 10.7. The highest BCUT2D eigenvalue weighted by molar-refractivity contribution is 14.1. The Labute approximate surface area is 91.0 Å². The second-order valence-electron chi connectivity index (χ2n) is 1.85. The summed E-state index contributed by atoms with van der Waals surface area (Å²) in [4.78, 5) is 14.6. The first-order valence-corrected chi connectivity index (χ1v) is 4.88. The molecule has 0 saturated heterocycles. The monoisotopic (exact) mass is 374 g/mol. The highest BCUT2D eigenvalue weighted by Gasteiger charge is 2.06. The van der Waals surface area contributed by atoms with E-state index in [0.717, 1.165) is 7.14 Å². The van der Waals surface area contributed by atoms with E-state index in [2.05, 4.69) is 27.6 Å². The largest absolute Gasteiger partial charge is 0.364 e. The third kappa shape index (κ3) is 2.26. The number of hydrogen-bond donors (Lipinski definition) is 1. The third-order valence-corrected chi connectivity index (χ3v) is 2.45. The van der Waals surface area contributed by atoms with Gasteiger partial charge in [-0.25, -0.2) is 4.98 Å². The van der Waals surface area contributed by atoms with E-state index in [0.29, 0.717) is 5.69 Å². The van der Waals surface area contributed by atoms with Crippen LogP contribution in [0.25, 0.3) is 0 Å². The van der Waals surface area contributed by atoms with Crippen molar-refractivity contribution in [2.24, 2.45) is 5.73 Å². The molecule has 3 nitrogen and oxygen atoms in total. The molecule has 0 aliphatic heterocycles. The Morgan fingerprint density at radius 1 is 1.55 bits per heavy atom. The van der Waals surface area contributed by atoms with Gasteiger partial charge < -0.3 is 5.73 Å². The Bertz CT molecular complexity index is 301. The van der Waals surface area contributed by atoms with Crippen LogP contribution in [0, 0.1) is 7.14 Å². The van der Waals surface area contributed by atoms with Crippen molar-refractivity contribution < 1.29 is 4.79 Å². The van der Waals surface area contributed by atoms with Crippen LogP contribution in [0.1, 0.15) is 10.5 Å². The number of halogens is 2. The molecule has 1 amide bonds. The van der Waals surface area contributed by atoms with E-state index in [1.54, 1.807) is 6.20 Å². The minimum atomic E-state index is -0.481. The quantitative estimate of drug-likeness (QED) is 0.756. The molecule has 0 bridgehead atoms. The van der Waals surface area contributed by atoms with Crippen LogP contribution in [-0.4, -0.2) is 10.9 Å². The zero-order valence-electron chi connectivity index (χ0n) is 5.34. The normalized spacial score (nSPS) is 9.64. The fourth-order valence-corrected chi connectivity index (χ4v) is 2.38. The molecule has 0 aromatic carbocycles. The van der Waals surface area contributed by atoms with E-state index in [9.17, 15) is 4.79 Å². The maximum Gasteiger partial charge on any atom is 0.268 e. The van der Waals surface area contributed by atoms with Crippen LogP contribution in [0.2, 0.25) is 0 Å². The molecule has 0 unspecified atom stereocenters. The predicted octanol–water partition coefficient (Wildman–Crippen LogP) is 1.39. The summed E-state index contributed by atoms with van der Waals surface area (Å²) in [6.07, 6.45) is 1.61. The molecular formula is C6H4I2N2O. The van der Waals surface area contributed by atoms with Gasteiger partial charge in [-0.2, -0.15) is 0 Å². The van der Waals surface area contributed by atoms with Gasteiger partial charge >= 0.3 is 0 Å². The van der Waals surface area contributed by atoms with E-state index in [4.69, 9.17) is 5.73 Å². The molecule has 0 spiro atoms. The molecule has 0 atom stereocenters. The number of carbonyl (C=O) groups excluding carboxylic acids is 1. The summed E-state index contributed by atoms with van der Waals surface area (Å²) in [5, 5.41) is 0. The van der Waals surface area contributed by atoms with Crippen molar-refractivity contribution in [2.45, 2.75) is 0 Å². The molecule has 1 heterocycles. The summed E-state index contributed by atoms with van der Waals surface area (Å²) in [7, 11) is 0. The Kier molecular flexibility index (Phi) is 3.05. The van der Waals surface area contributed by atoms with Crippen molar-refractivity contribution >= 4 is 51.1 Å². The number of amides is 1. The van der Waals surface area contributed by atoms with Crippen LogP contribution >= 0.6 is 45.2 Å². The minimum absolute atomic E-state index is 0.339. The lowest BCUT2D eigenvalue weighted by atomic mass is 10.3. The van der Waals surface area contributed by atoms with E-state index in [1.807, 2.05) is 28.7 Å². The van der Waals surface area contributed by atoms with Gasteiger partial charge in [0.2, 0.25) is 0 Å². The molecule has 5 heteroatoms. The van der Waals surface area contributed by atoms with Crippen LogP contribution in [0.5, 0.6) is 0 Å². The van der Waals surface area contributed by atoms with Crippen molar-refractivity contribution in [3.05, 3.63) is 25.1 Å². The van der Waals surface area contributed by atoms with Crippen LogP contribution in [0.4, 0.5) is 0 Å². The Balaban J connectivity index is 3.20. The zero-order valence-corrected chi connectivity index (χ0v) is 9.66. The van der Waals surface area contributed by atoms with Crippen molar-refractivity contribution in [1.82, 2.24) is 4.98 Å². The molecule has 0 aliphatic carbocycles. The molecule has 0 saturated carbocycles. The van der Waals surface area contributed by atoms with Crippen LogP contribution in [0.3, 0.4) is 0 Å². The summed E-state index contributed by atoms with van der Waals surface area (Å²) in [6.45, 7) is 0. The average molecular weight is 374 g/mol. The number of nitrogens with zero attached hydrogens (tertiary/aromatic N) is 1. The molecule has 11 heavy (non-hydrogen) atoms. The summed E-state index contributed by atoms with van der Waals surface area (Å²) < 4.78 is 1.79. The Morgan fingerprint density at radius 3 is 2.64 bits per heavy atom. The molecule has 0 radical (unpaired) electrons. The zero-order chi connectivity index (χ0) is 8.43. The number of nitrogens with two attached hydrogens (primary N) is 1. The van der Waals surface area contributed by atoms with Gasteiger partial charge in [0, 0.05) is 13.3 Å². The first-order valence-electron chi connectivity index (χ1n) is 2.72. The van der Waals surface area contributed by atoms with Crippen molar-refractivity contribution in [1.29, 1.82) is 0 Å². The van der Waals surface area contributed by atoms with E-state index < -0.39 is 5.91 Å². The lowest BCUT2D eigenvalue weighted by Crippen LogP contribution is -2.14. The second kappa shape index (κ2) is 3.65. The lowest BCUT2D eigenvalue weighted by molar-refractivity contribution is 0.0994. The number of pyridine rings is 1. The lowest BCUT2D eigenvalue weighted by Gasteiger charge is -1.97. The molecular weight excluding hydrogens is 370 g/mol. The summed E-state index contributed by atoms with van der Waals surface area (Å²) in [5.74, 6) is -0.481. The number of aromatic nitrogens is 1. The number of primary amides is 1. The Hall–Kier alpha value is 0.0800. The van der Waals surface area contributed by atoms with E-state index >= 15 is 0 Å². The number of carbonyl (C=O) groups is 1.